The summed E-state index contributed by atoms with van der Waals surface area (Å²) in [5.41, 5.74) is -3.41. The SMILES string of the molecule is Cc1cc(S(=O)(=O)N2C[C@H](CCC(=O)O)Oc3ccc(NC(=O)OC(C)(C)C(F)(F)F)cc32)c(F)cc1F. The molecule has 0 unspecified atom stereocenters. The Balaban J connectivity index is 2.01. The van der Waals surface area contributed by atoms with E-state index in [1.165, 1.54) is 19.1 Å². The molecule has 9 nitrogen and oxygen atoms in total. The second kappa shape index (κ2) is 10.3. The Morgan fingerprint density at radius 2 is 1.82 bits per heavy atom. The van der Waals surface area contributed by atoms with Crippen LogP contribution >= 0.6 is 0 Å². The summed E-state index contributed by atoms with van der Waals surface area (Å²) in [5.74, 6) is -3.62. The van der Waals surface area contributed by atoms with Gasteiger partial charge in [0, 0.05) is 18.2 Å². The van der Waals surface area contributed by atoms with Crippen LogP contribution in [0.1, 0.15) is 32.3 Å². The number of carbonyl (C=O) groups is 2. The van der Waals surface area contributed by atoms with Crippen molar-refractivity contribution in [1.29, 1.82) is 0 Å². The number of carboxylic acids is 1. The highest BCUT2D eigenvalue weighted by atomic mass is 32.2. The Bertz CT molecular complexity index is 1360. The van der Waals surface area contributed by atoms with Gasteiger partial charge in [0.15, 0.2) is 0 Å². The summed E-state index contributed by atoms with van der Waals surface area (Å²) in [6, 6.07) is 4.63. The van der Waals surface area contributed by atoms with E-state index in [4.69, 9.17) is 9.84 Å². The molecule has 0 aliphatic carbocycles. The van der Waals surface area contributed by atoms with Crippen molar-refractivity contribution in [3.8, 4) is 5.75 Å². The van der Waals surface area contributed by atoms with Gasteiger partial charge in [-0.3, -0.25) is 14.4 Å². The number of aliphatic carboxylic acids is 1. The number of alkyl halides is 3. The highest BCUT2D eigenvalue weighted by Crippen LogP contribution is 2.40. The Morgan fingerprint density at radius 1 is 1.16 bits per heavy atom. The number of fused-ring (bicyclic) bond motifs is 1. The number of benzene rings is 2. The van der Waals surface area contributed by atoms with Gasteiger partial charge in [-0.2, -0.15) is 13.2 Å². The van der Waals surface area contributed by atoms with Gasteiger partial charge in [-0.15, -0.1) is 0 Å². The molecule has 1 aliphatic rings. The van der Waals surface area contributed by atoms with E-state index in [2.05, 4.69) is 10.1 Å². The highest BCUT2D eigenvalue weighted by molar-refractivity contribution is 7.92. The molecule has 2 aromatic rings. The van der Waals surface area contributed by atoms with Crippen molar-refractivity contribution in [2.24, 2.45) is 0 Å². The molecule has 0 spiro atoms. The Morgan fingerprint density at radius 3 is 2.42 bits per heavy atom. The van der Waals surface area contributed by atoms with E-state index in [0.29, 0.717) is 24.2 Å². The summed E-state index contributed by atoms with van der Waals surface area (Å²) in [6.45, 7) is 2.02. The van der Waals surface area contributed by atoms with Crippen molar-refractivity contribution in [3.05, 3.63) is 47.5 Å². The Labute approximate surface area is 214 Å². The molecule has 208 valence electrons. The molecule has 0 fully saturated rings. The summed E-state index contributed by atoms with van der Waals surface area (Å²) >= 11 is 0. The quantitative estimate of drug-likeness (QED) is 0.453. The molecule has 3 rings (SSSR count). The third-order valence-electron chi connectivity index (χ3n) is 5.63. The molecule has 1 aliphatic heterocycles. The van der Waals surface area contributed by atoms with Gasteiger partial charge < -0.3 is 14.6 Å². The number of amides is 1. The first-order valence-corrected chi connectivity index (χ1v) is 12.4. The van der Waals surface area contributed by atoms with Gasteiger partial charge in [0.2, 0.25) is 5.60 Å². The molecule has 1 atom stereocenters. The van der Waals surface area contributed by atoms with Crippen LogP contribution in [-0.2, 0) is 19.6 Å². The molecule has 0 bridgehead atoms. The van der Waals surface area contributed by atoms with Crippen LogP contribution in [0.15, 0.2) is 35.2 Å². The van der Waals surface area contributed by atoms with Crippen LogP contribution in [-0.4, -0.2) is 50.0 Å². The van der Waals surface area contributed by atoms with Gasteiger partial charge >= 0.3 is 18.2 Å². The Hall–Kier alpha value is -3.62. The number of halogens is 5. The predicted molar refractivity (Wildman–Crippen MR) is 124 cm³/mol. The van der Waals surface area contributed by atoms with Crippen LogP contribution in [0.5, 0.6) is 5.75 Å². The molecule has 2 N–H and O–H groups in total. The summed E-state index contributed by atoms with van der Waals surface area (Å²) in [5, 5.41) is 11.1. The van der Waals surface area contributed by atoms with Gasteiger partial charge in [0.25, 0.3) is 10.0 Å². The van der Waals surface area contributed by atoms with Gasteiger partial charge in [-0.05, 0) is 57.0 Å². The molecule has 38 heavy (non-hydrogen) atoms. The first kappa shape index (κ1) is 28.9. The van der Waals surface area contributed by atoms with Gasteiger partial charge in [-0.25, -0.2) is 22.0 Å². The number of aryl methyl sites for hydroxylation is 1. The number of carboxylic acid groups (broad SMARTS) is 1. The number of ether oxygens (including phenoxy) is 2. The van der Waals surface area contributed by atoms with Gasteiger partial charge in [-0.1, -0.05) is 0 Å². The van der Waals surface area contributed by atoms with Crippen molar-refractivity contribution in [2.75, 3.05) is 16.2 Å². The maximum absolute atomic E-state index is 14.6. The van der Waals surface area contributed by atoms with Gasteiger partial charge in [0.1, 0.15) is 28.4 Å². The predicted octanol–water partition coefficient (Wildman–Crippen LogP) is 4.98. The van der Waals surface area contributed by atoms with Crippen molar-refractivity contribution in [3.63, 3.8) is 0 Å². The van der Waals surface area contributed by atoms with Crippen LogP contribution in [0, 0.1) is 18.6 Å². The first-order chi connectivity index (χ1) is 17.4. The monoisotopic (exact) mass is 566 g/mol. The summed E-state index contributed by atoms with van der Waals surface area (Å²) in [6.07, 6.45) is -7.84. The number of anilines is 2. The van der Waals surface area contributed by atoms with Crippen LogP contribution in [0.4, 0.5) is 38.1 Å². The van der Waals surface area contributed by atoms with Crippen molar-refractivity contribution in [2.45, 2.75) is 56.4 Å². The zero-order valence-electron chi connectivity index (χ0n) is 20.2. The van der Waals surface area contributed by atoms with Gasteiger partial charge in [0.05, 0.1) is 12.2 Å². The standard InChI is InChI=1S/C23H23F5N2O7S/c1-12-8-19(16(25)10-15(12)24)38(34,35)30-11-14(5-7-20(31)32)36-18-6-4-13(9-17(18)30)29-21(33)37-22(2,3)23(26,27)28/h4,6,8-10,14H,5,7,11H2,1-3H3,(H,29,33)(H,31,32)/t14-/m0/s1. The smallest absolute Gasteiger partial charge is 0.427 e. The molecule has 2 aromatic carbocycles. The van der Waals surface area contributed by atoms with Crippen LogP contribution in [0.2, 0.25) is 0 Å². The fourth-order valence-corrected chi connectivity index (χ4v) is 5.06. The highest BCUT2D eigenvalue weighted by Gasteiger charge is 2.51. The molecule has 1 heterocycles. The topological polar surface area (TPSA) is 122 Å². The third kappa shape index (κ3) is 6.09. The van der Waals surface area contributed by atoms with E-state index in [-0.39, 0.29) is 35.5 Å². The minimum Gasteiger partial charge on any atom is -0.486 e. The maximum atomic E-state index is 14.6. The molecule has 1 amide bonds. The summed E-state index contributed by atoms with van der Waals surface area (Å²) in [4.78, 5) is 22.3. The number of sulfonamides is 1. The number of hydrogen-bond donors (Lipinski definition) is 2. The number of carbonyl (C=O) groups excluding carboxylic acids is 1. The molecular weight excluding hydrogens is 543 g/mol. The summed E-state index contributed by atoms with van der Waals surface area (Å²) < 4.78 is 105. The number of nitrogens with zero attached hydrogens (tertiary/aromatic N) is 1. The van der Waals surface area contributed by atoms with E-state index in [1.807, 2.05) is 0 Å². The first-order valence-electron chi connectivity index (χ1n) is 11.0. The number of rotatable bonds is 7. The molecule has 0 aromatic heterocycles. The zero-order chi connectivity index (χ0) is 28.6. The third-order valence-corrected chi connectivity index (χ3v) is 7.42. The lowest BCUT2D eigenvalue weighted by atomic mass is 10.1. The summed E-state index contributed by atoms with van der Waals surface area (Å²) in [7, 11) is -4.74. The average Bonchev–Trinajstić information content (AvgIpc) is 2.78. The lowest BCUT2D eigenvalue weighted by Crippen LogP contribution is -2.44. The lowest BCUT2D eigenvalue weighted by molar-refractivity contribution is -0.242. The molecule has 0 saturated heterocycles. The molecule has 15 heteroatoms. The fourth-order valence-electron chi connectivity index (χ4n) is 3.43. The van der Waals surface area contributed by atoms with Crippen molar-refractivity contribution in [1.82, 2.24) is 0 Å². The molecule has 0 radical (unpaired) electrons. The van der Waals surface area contributed by atoms with E-state index in [0.717, 1.165) is 12.1 Å². The second-order valence-corrected chi connectivity index (χ2v) is 10.8. The van der Waals surface area contributed by atoms with E-state index in [1.54, 1.807) is 0 Å². The molecule has 0 saturated carbocycles. The maximum Gasteiger partial charge on any atom is 0.427 e. The van der Waals surface area contributed by atoms with Crippen LogP contribution in [0.25, 0.3) is 0 Å². The normalized spacial score (nSPS) is 15.9. The van der Waals surface area contributed by atoms with Crippen LogP contribution in [0.3, 0.4) is 0 Å². The lowest BCUT2D eigenvalue weighted by Gasteiger charge is -2.36. The second-order valence-electron chi connectivity index (χ2n) is 8.95. The van der Waals surface area contributed by atoms with E-state index < -0.39 is 63.0 Å². The van der Waals surface area contributed by atoms with Crippen molar-refractivity contribution >= 4 is 33.5 Å². The average molecular weight is 567 g/mol. The van der Waals surface area contributed by atoms with E-state index >= 15 is 0 Å². The zero-order valence-corrected chi connectivity index (χ0v) is 21.0. The minimum absolute atomic E-state index is 0.0935. The van der Waals surface area contributed by atoms with Crippen LogP contribution < -0.4 is 14.4 Å². The number of hydrogen-bond acceptors (Lipinski definition) is 6. The Kier molecular flexibility index (Phi) is 7.82. The van der Waals surface area contributed by atoms with Crippen molar-refractivity contribution < 1.29 is 54.5 Å². The van der Waals surface area contributed by atoms with E-state index in [9.17, 15) is 40.0 Å². The fraction of sp³-hybridized carbons (Fsp3) is 0.391. The largest absolute Gasteiger partial charge is 0.486 e. The molecular formula is C23H23F5N2O7S. The minimum atomic E-state index is -4.87. The number of nitrogens with one attached hydrogen (secondary N) is 1.